The number of fused-ring (bicyclic) bond motifs is 1. The summed E-state index contributed by atoms with van der Waals surface area (Å²) in [4.78, 5) is 26.9. The van der Waals surface area contributed by atoms with E-state index in [2.05, 4.69) is 16.8 Å². The Balaban J connectivity index is 1.51. The van der Waals surface area contributed by atoms with Crippen LogP contribution in [0.2, 0.25) is 0 Å². The predicted octanol–water partition coefficient (Wildman–Crippen LogP) is 3.50. The standard InChI is InChI=1S/C20H21N3O3/c1-2-22-11-9-14-13-15(7-8-16(14)22)21-19(24)17-5-3-10-23(17)20(25)18-6-4-12-26-18/h4,6-9,11-13,17H,2-3,5,10H2,1H3,(H,21,24). The zero-order chi connectivity index (χ0) is 18.1. The van der Waals surface area contributed by atoms with Crippen molar-refractivity contribution >= 4 is 28.4 Å². The number of nitrogens with zero attached hydrogens (tertiary/aromatic N) is 2. The Morgan fingerprint density at radius 3 is 2.92 bits per heavy atom. The monoisotopic (exact) mass is 351 g/mol. The van der Waals surface area contributed by atoms with Gasteiger partial charge in [-0.05, 0) is 56.2 Å². The molecule has 1 unspecified atom stereocenters. The van der Waals surface area contributed by atoms with Gasteiger partial charge < -0.3 is 19.2 Å². The number of anilines is 1. The number of amides is 2. The molecule has 6 nitrogen and oxygen atoms in total. The number of nitrogens with one attached hydrogen (secondary N) is 1. The smallest absolute Gasteiger partial charge is 0.290 e. The summed E-state index contributed by atoms with van der Waals surface area (Å²) >= 11 is 0. The molecule has 1 atom stereocenters. The van der Waals surface area contributed by atoms with Crippen LogP contribution in [0.4, 0.5) is 5.69 Å². The largest absolute Gasteiger partial charge is 0.459 e. The highest BCUT2D eigenvalue weighted by molar-refractivity contribution is 6.01. The second-order valence-corrected chi connectivity index (χ2v) is 6.50. The summed E-state index contributed by atoms with van der Waals surface area (Å²) in [6.07, 6.45) is 4.97. The van der Waals surface area contributed by atoms with Crippen LogP contribution in [-0.4, -0.2) is 33.9 Å². The molecule has 1 saturated heterocycles. The Kier molecular flexibility index (Phi) is 4.24. The average Bonchev–Trinajstić information content (AvgIpc) is 3.40. The normalized spacial score (nSPS) is 17.0. The van der Waals surface area contributed by atoms with Gasteiger partial charge in [-0.3, -0.25) is 9.59 Å². The molecule has 0 aliphatic carbocycles. The van der Waals surface area contributed by atoms with Gasteiger partial charge in [0.2, 0.25) is 5.91 Å². The molecule has 1 aliphatic rings. The number of carbonyl (C=O) groups is 2. The average molecular weight is 351 g/mol. The zero-order valence-electron chi connectivity index (χ0n) is 14.6. The molecular weight excluding hydrogens is 330 g/mol. The maximum Gasteiger partial charge on any atom is 0.290 e. The molecule has 26 heavy (non-hydrogen) atoms. The van der Waals surface area contributed by atoms with E-state index in [0.29, 0.717) is 13.0 Å². The van der Waals surface area contributed by atoms with Gasteiger partial charge in [0.05, 0.1) is 6.26 Å². The molecule has 1 fully saturated rings. The van der Waals surface area contributed by atoms with Crippen molar-refractivity contribution in [1.29, 1.82) is 0 Å². The van der Waals surface area contributed by atoms with Crippen molar-refractivity contribution in [2.75, 3.05) is 11.9 Å². The van der Waals surface area contributed by atoms with E-state index in [1.807, 2.05) is 30.5 Å². The van der Waals surface area contributed by atoms with Crippen LogP contribution in [0.1, 0.15) is 30.3 Å². The van der Waals surface area contributed by atoms with E-state index in [0.717, 1.165) is 29.6 Å². The number of benzene rings is 1. The summed E-state index contributed by atoms with van der Waals surface area (Å²) in [5, 5.41) is 4.04. The van der Waals surface area contributed by atoms with E-state index in [1.54, 1.807) is 17.0 Å². The Hall–Kier alpha value is -3.02. The van der Waals surface area contributed by atoms with E-state index in [1.165, 1.54) is 6.26 Å². The van der Waals surface area contributed by atoms with Crippen LogP contribution >= 0.6 is 0 Å². The number of likely N-dealkylation sites (tertiary alicyclic amines) is 1. The molecule has 0 bridgehead atoms. The van der Waals surface area contributed by atoms with E-state index in [-0.39, 0.29) is 17.6 Å². The fraction of sp³-hybridized carbons (Fsp3) is 0.300. The van der Waals surface area contributed by atoms with Gasteiger partial charge in [0.15, 0.2) is 5.76 Å². The molecule has 3 aromatic rings. The van der Waals surface area contributed by atoms with E-state index in [4.69, 9.17) is 4.42 Å². The molecule has 0 saturated carbocycles. The summed E-state index contributed by atoms with van der Waals surface area (Å²) in [6, 6.07) is 10.7. The van der Waals surface area contributed by atoms with Gasteiger partial charge in [0.1, 0.15) is 6.04 Å². The molecule has 0 radical (unpaired) electrons. The third kappa shape index (κ3) is 2.87. The minimum atomic E-state index is -0.469. The third-order valence-corrected chi connectivity index (χ3v) is 4.93. The topological polar surface area (TPSA) is 67.5 Å². The molecular formula is C20H21N3O3. The van der Waals surface area contributed by atoms with Crippen molar-refractivity contribution in [2.24, 2.45) is 0 Å². The number of rotatable bonds is 4. The lowest BCUT2D eigenvalue weighted by Gasteiger charge is -2.23. The fourth-order valence-electron chi connectivity index (χ4n) is 3.60. The number of aromatic nitrogens is 1. The maximum absolute atomic E-state index is 12.8. The first kappa shape index (κ1) is 16.4. The van der Waals surface area contributed by atoms with Gasteiger partial charge in [0, 0.05) is 35.9 Å². The van der Waals surface area contributed by atoms with Crippen molar-refractivity contribution < 1.29 is 14.0 Å². The summed E-state index contributed by atoms with van der Waals surface area (Å²) in [7, 11) is 0. The van der Waals surface area contributed by atoms with Gasteiger partial charge in [-0.1, -0.05) is 0 Å². The third-order valence-electron chi connectivity index (χ3n) is 4.93. The van der Waals surface area contributed by atoms with Crippen LogP contribution < -0.4 is 5.32 Å². The van der Waals surface area contributed by atoms with Gasteiger partial charge in [0.25, 0.3) is 5.91 Å². The highest BCUT2D eigenvalue weighted by Gasteiger charge is 2.35. The minimum absolute atomic E-state index is 0.156. The van der Waals surface area contributed by atoms with Gasteiger partial charge in [-0.2, -0.15) is 0 Å². The molecule has 6 heteroatoms. The molecule has 134 valence electrons. The van der Waals surface area contributed by atoms with Crippen molar-refractivity contribution in [1.82, 2.24) is 9.47 Å². The summed E-state index contributed by atoms with van der Waals surface area (Å²) in [5.41, 5.74) is 1.88. The van der Waals surface area contributed by atoms with Crippen LogP contribution in [0.15, 0.2) is 53.3 Å². The second kappa shape index (κ2) is 6.71. The lowest BCUT2D eigenvalue weighted by Crippen LogP contribution is -2.43. The van der Waals surface area contributed by atoms with E-state index >= 15 is 0 Å². The number of hydrogen-bond donors (Lipinski definition) is 1. The first-order valence-electron chi connectivity index (χ1n) is 8.91. The fourth-order valence-corrected chi connectivity index (χ4v) is 3.60. The van der Waals surface area contributed by atoms with Gasteiger partial charge in [-0.15, -0.1) is 0 Å². The van der Waals surface area contributed by atoms with Crippen molar-refractivity contribution in [3.05, 3.63) is 54.6 Å². The summed E-state index contributed by atoms with van der Waals surface area (Å²) in [5.74, 6) is -0.119. The molecule has 1 aromatic carbocycles. The second-order valence-electron chi connectivity index (χ2n) is 6.50. The lowest BCUT2D eigenvalue weighted by atomic mass is 10.1. The Morgan fingerprint density at radius 1 is 1.27 bits per heavy atom. The molecule has 1 aliphatic heterocycles. The van der Waals surface area contributed by atoms with Gasteiger partial charge in [-0.25, -0.2) is 0 Å². The molecule has 2 aromatic heterocycles. The Morgan fingerprint density at radius 2 is 2.15 bits per heavy atom. The number of aryl methyl sites for hydroxylation is 1. The Bertz CT molecular complexity index is 943. The lowest BCUT2D eigenvalue weighted by molar-refractivity contribution is -0.119. The van der Waals surface area contributed by atoms with E-state index < -0.39 is 6.04 Å². The van der Waals surface area contributed by atoms with Crippen LogP contribution in [-0.2, 0) is 11.3 Å². The van der Waals surface area contributed by atoms with Crippen LogP contribution in [0, 0.1) is 0 Å². The summed E-state index contributed by atoms with van der Waals surface area (Å²) < 4.78 is 7.34. The van der Waals surface area contributed by atoms with Crippen LogP contribution in [0.3, 0.4) is 0 Å². The van der Waals surface area contributed by atoms with Crippen molar-refractivity contribution in [3.8, 4) is 0 Å². The van der Waals surface area contributed by atoms with Gasteiger partial charge >= 0.3 is 0 Å². The highest BCUT2D eigenvalue weighted by Crippen LogP contribution is 2.24. The number of furan rings is 1. The quantitative estimate of drug-likeness (QED) is 0.782. The molecule has 2 amide bonds. The molecule has 1 N–H and O–H groups in total. The van der Waals surface area contributed by atoms with Crippen molar-refractivity contribution in [3.63, 3.8) is 0 Å². The van der Waals surface area contributed by atoms with Crippen molar-refractivity contribution in [2.45, 2.75) is 32.4 Å². The van der Waals surface area contributed by atoms with Crippen LogP contribution in [0.25, 0.3) is 10.9 Å². The molecule has 3 heterocycles. The first-order chi connectivity index (χ1) is 12.7. The molecule has 4 rings (SSSR count). The first-order valence-corrected chi connectivity index (χ1v) is 8.91. The van der Waals surface area contributed by atoms with Crippen LogP contribution in [0.5, 0.6) is 0 Å². The molecule has 0 spiro atoms. The summed E-state index contributed by atoms with van der Waals surface area (Å²) in [6.45, 7) is 3.57. The number of carbonyl (C=O) groups excluding carboxylic acids is 2. The maximum atomic E-state index is 12.8. The highest BCUT2D eigenvalue weighted by atomic mass is 16.3. The van der Waals surface area contributed by atoms with E-state index in [9.17, 15) is 9.59 Å². The SMILES string of the molecule is CCn1ccc2cc(NC(=O)C3CCCN3C(=O)c3ccco3)ccc21. The number of hydrogen-bond acceptors (Lipinski definition) is 3. The minimum Gasteiger partial charge on any atom is -0.459 e. The Labute approximate surface area is 151 Å². The zero-order valence-corrected chi connectivity index (χ0v) is 14.6. The predicted molar refractivity (Wildman–Crippen MR) is 99.0 cm³/mol.